The summed E-state index contributed by atoms with van der Waals surface area (Å²) < 4.78 is 5.42. The number of non-ortho nitro benzene ring substituents is 1. The Morgan fingerprint density at radius 2 is 2.00 bits per heavy atom. The van der Waals surface area contributed by atoms with Crippen LogP contribution in [0.5, 0.6) is 0 Å². The SMILES string of the molecule is CC[C@H](C)[C@@H](NC(=O)c1cccc([N+](=O)[O-])c1)c1nc(-c2ccc(Cl)cc2)no1. The molecule has 0 spiro atoms. The summed E-state index contributed by atoms with van der Waals surface area (Å²) in [6.07, 6.45) is 0.749. The van der Waals surface area contributed by atoms with Gasteiger partial charge in [-0.05, 0) is 36.2 Å². The van der Waals surface area contributed by atoms with E-state index < -0.39 is 16.9 Å². The summed E-state index contributed by atoms with van der Waals surface area (Å²) in [5.41, 5.74) is 0.766. The second-order valence-electron chi connectivity index (χ2n) is 6.61. The molecule has 0 fully saturated rings. The first-order valence-corrected chi connectivity index (χ1v) is 9.41. The maximum atomic E-state index is 12.7. The minimum atomic E-state index is -0.542. The molecular weight excluding hydrogens is 396 g/mol. The van der Waals surface area contributed by atoms with Gasteiger partial charge in [-0.3, -0.25) is 14.9 Å². The van der Waals surface area contributed by atoms with Crippen LogP contribution in [0.3, 0.4) is 0 Å². The highest BCUT2D eigenvalue weighted by Gasteiger charge is 2.27. The fourth-order valence-electron chi connectivity index (χ4n) is 2.75. The van der Waals surface area contributed by atoms with Gasteiger partial charge in [-0.15, -0.1) is 0 Å². The van der Waals surface area contributed by atoms with Crippen LogP contribution >= 0.6 is 11.6 Å². The maximum absolute atomic E-state index is 12.7. The number of hydrogen-bond donors (Lipinski definition) is 1. The van der Waals surface area contributed by atoms with Crippen molar-refractivity contribution in [2.45, 2.75) is 26.3 Å². The van der Waals surface area contributed by atoms with Crippen molar-refractivity contribution >= 4 is 23.2 Å². The number of benzene rings is 2. The van der Waals surface area contributed by atoms with Crippen molar-refractivity contribution in [1.82, 2.24) is 15.5 Å². The van der Waals surface area contributed by atoms with Gasteiger partial charge in [0.15, 0.2) is 0 Å². The second kappa shape index (κ2) is 8.83. The van der Waals surface area contributed by atoms with Crippen molar-refractivity contribution in [1.29, 1.82) is 0 Å². The van der Waals surface area contributed by atoms with Gasteiger partial charge < -0.3 is 9.84 Å². The number of carbonyl (C=O) groups is 1. The number of amides is 1. The Labute approximate surface area is 172 Å². The van der Waals surface area contributed by atoms with Crippen molar-refractivity contribution in [3.8, 4) is 11.4 Å². The predicted octanol–water partition coefficient (Wildman–Crippen LogP) is 4.82. The predicted molar refractivity (Wildman–Crippen MR) is 108 cm³/mol. The van der Waals surface area contributed by atoms with Gasteiger partial charge in [0, 0.05) is 28.3 Å². The molecule has 8 nitrogen and oxygen atoms in total. The first-order valence-electron chi connectivity index (χ1n) is 9.04. The summed E-state index contributed by atoms with van der Waals surface area (Å²) in [5, 5.41) is 18.4. The average Bonchev–Trinajstić information content (AvgIpc) is 3.21. The molecule has 1 aromatic heterocycles. The standard InChI is InChI=1S/C20H19ClN4O4/c1-3-12(2)17(22-19(26)14-5-4-6-16(11-14)25(27)28)20-23-18(24-29-20)13-7-9-15(21)10-8-13/h4-12,17H,3H2,1-2H3,(H,22,26)/t12-,17+/m0/s1. The van der Waals surface area contributed by atoms with Crippen LogP contribution < -0.4 is 5.32 Å². The van der Waals surface area contributed by atoms with Crippen LogP contribution in [0.15, 0.2) is 53.1 Å². The molecule has 0 radical (unpaired) electrons. The van der Waals surface area contributed by atoms with Crippen molar-refractivity contribution < 1.29 is 14.2 Å². The Bertz CT molecular complexity index is 1020. The fraction of sp³-hybridized carbons (Fsp3) is 0.250. The lowest BCUT2D eigenvalue weighted by atomic mass is 9.98. The van der Waals surface area contributed by atoms with Crippen LogP contribution in [0.4, 0.5) is 5.69 Å². The first-order chi connectivity index (χ1) is 13.9. The smallest absolute Gasteiger partial charge is 0.270 e. The van der Waals surface area contributed by atoms with Crippen LogP contribution in [-0.2, 0) is 0 Å². The van der Waals surface area contributed by atoms with Crippen molar-refractivity contribution in [2.24, 2.45) is 5.92 Å². The van der Waals surface area contributed by atoms with Crippen LogP contribution in [0.1, 0.15) is 42.6 Å². The summed E-state index contributed by atoms with van der Waals surface area (Å²) >= 11 is 5.91. The zero-order valence-electron chi connectivity index (χ0n) is 15.8. The molecule has 0 aliphatic carbocycles. The Morgan fingerprint density at radius 3 is 2.66 bits per heavy atom. The molecule has 0 aliphatic rings. The third-order valence-corrected chi connectivity index (χ3v) is 4.88. The van der Waals surface area contributed by atoms with E-state index in [1.807, 2.05) is 13.8 Å². The second-order valence-corrected chi connectivity index (χ2v) is 7.04. The fourth-order valence-corrected chi connectivity index (χ4v) is 2.87. The molecule has 1 amide bonds. The van der Waals surface area contributed by atoms with E-state index in [0.717, 1.165) is 12.0 Å². The van der Waals surface area contributed by atoms with E-state index in [1.54, 1.807) is 24.3 Å². The van der Waals surface area contributed by atoms with E-state index in [9.17, 15) is 14.9 Å². The summed E-state index contributed by atoms with van der Waals surface area (Å²) in [5.74, 6) is 0.194. The zero-order valence-corrected chi connectivity index (χ0v) is 16.6. The summed E-state index contributed by atoms with van der Waals surface area (Å²) in [4.78, 5) is 27.6. The lowest BCUT2D eigenvalue weighted by Crippen LogP contribution is -2.32. The van der Waals surface area contributed by atoms with E-state index >= 15 is 0 Å². The van der Waals surface area contributed by atoms with Gasteiger partial charge in [-0.1, -0.05) is 43.1 Å². The zero-order chi connectivity index (χ0) is 21.0. The molecule has 3 rings (SSSR count). The lowest BCUT2D eigenvalue weighted by Gasteiger charge is -2.20. The molecular formula is C20H19ClN4O4. The number of nitro benzene ring substituents is 1. The summed E-state index contributed by atoms with van der Waals surface area (Å²) in [7, 11) is 0. The quantitative estimate of drug-likeness (QED) is 0.438. The molecule has 2 aromatic carbocycles. The van der Waals surface area contributed by atoms with Gasteiger partial charge in [0.05, 0.1) is 4.92 Å². The van der Waals surface area contributed by atoms with Gasteiger partial charge in [0.2, 0.25) is 11.7 Å². The lowest BCUT2D eigenvalue weighted by molar-refractivity contribution is -0.384. The van der Waals surface area contributed by atoms with E-state index in [1.165, 1.54) is 24.3 Å². The van der Waals surface area contributed by atoms with Gasteiger partial charge in [-0.25, -0.2) is 0 Å². The molecule has 1 heterocycles. The highest BCUT2D eigenvalue weighted by molar-refractivity contribution is 6.30. The Morgan fingerprint density at radius 1 is 1.28 bits per heavy atom. The van der Waals surface area contributed by atoms with Gasteiger partial charge >= 0.3 is 0 Å². The molecule has 0 saturated heterocycles. The number of nitrogens with zero attached hydrogens (tertiary/aromatic N) is 3. The average molecular weight is 415 g/mol. The molecule has 150 valence electrons. The monoisotopic (exact) mass is 414 g/mol. The van der Waals surface area contributed by atoms with Gasteiger partial charge in [0.1, 0.15) is 6.04 Å². The molecule has 3 aromatic rings. The molecule has 2 atom stereocenters. The Balaban J connectivity index is 1.85. The van der Waals surface area contributed by atoms with Crippen LogP contribution in [0, 0.1) is 16.0 Å². The Hall–Kier alpha value is -3.26. The largest absolute Gasteiger partial charge is 0.340 e. The first kappa shape index (κ1) is 20.5. The molecule has 0 unspecified atom stereocenters. The molecule has 9 heteroatoms. The van der Waals surface area contributed by atoms with Gasteiger partial charge in [-0.2, -0.15) is 4.98 Å². The molecule has 1 N–H and O–H groups in total. The topological polar surface area (TPSA) is 111 Å². The Kier molecular flexibility index (Phi) is 6.23. The van der Waals surface area contributed by atoms with Crippen LogP contribution in [0.2, 0.25) is 5.02 Å². The van der Waals surface area contributed by atoms with E-state index in [-0.39, 0.29) is 23.1 Å². The number of nitrogens with one attached hydrogen (secondary N) is 1. The van der Waals surface area contributed by atoms with Crippen LogP contribution in [0.25, 0.3) is 11.4 Å². The normalized spacial score (nSPS) is 12.9. The highest BCUT2D eigenvalue weighted by atomic mass is 35.5. The van der Waals surface area contributed by atoms with Crippen LogP contribution in [-0.4, -0.2) is 21.0 Å². The number of carbonyl (C=O) groups excluding carboxylic acids is 1. The number of rotatable bonds is 7. The minimum Gasteiger partial charge on any atom is -0.340 e. The summed E-state index contributed by atoms with van der Waals surface area (Å²) in [6, 6.07) is 12.0. The number of hydrogen-bond acceptors (Lipinski definition) is 6. The minimum absolute atomic E-state index is 0.00355. The maximum Gasteiger partial charge on any atom is 0.270 e. The molecule has 0 bridgehead atoms. The third kappa shape index (κ3) is 4.78. The third-order valence-electron chi connectivity index (χ3n) is 4.63. The number of nitro groups is 1. The van der Waals surface area contributed by atoms with Crippen molar-refractivity contribution in [2.75, 3.05) is 0 Å². The van der Waals surface area contributed by atoms with Gasteiger partial charge in [0.25, 0.3) is 11.6 Å². The molecule has 29 heavy (non-hydrogen) atoms. The van der Waals surface area contributed by atoms with Crippen molar-refractivity contribution in [3.63, 3.8) is 0 Å². The highest BCUT2D eigenvalue weighted by Crippen LogP contribution is 2.27. The molecule has 0 aliphatic heterocycles. The van der Waals surface area contributed by atoms with E-state index in [2.05, 4.69) is 15.5 Å². The summed E-state index contributed by atoms with van der Waals surface area (Å²) in [6.45, 7) is 3.93. The molecule has 0 saturated carbocycles. The van der Waals surface area contributed by atoms with E-state index in [0.29, 0.717) is 10.8 Å². The number of aromatic nitrogens is 2. The van der Waals surface area contributed by atoms with E-state index in [4.69, 9.17) is 16.1 Å². The number of halogens is 1. The van der Waals surface area contributed by atoms with Crippen molar-refractivity contribution in [3.05, 3.63) is 75.1 Å².